The van der Waals surface area contributed by atoms with E-state index in [1.807, 2.05) is 40.8 Å². The third-order valence-corrected chi connectivity index (χ3v) is 2.07. The number of rotatable bonds is 3. The fraction of sp³-hybridized carbons (Fsp3) is 0.714. The highest BCUT2D eigenvalue weighted by atomic mass is 16.1. The Balaban J connectivity index is 0. The monoisotopic (exact) mass is 240 g/mol. The third-order valence-electron chi connectivity index (χ3n) is 2.07. The zero-order chi connectivity index (χ0) is 13.7. The zero-order valence-corrected chi connectivity index (χ0v) is 12.3. The molecule has 100 valence electrons. The molecule has 0 saturated carbocycles. The molecule has 1 amide bonds. The highest BCUT2D eigenvalue weighted by Crippen LogP contribution is 2.16. The molecule has 3 heteroatoms. The molecule has 1 rings (SSSR count). The molecule has 0 spiro atoms. The molecule has 1 aliphatic heterocycles. The number of nitrogens with one attached hydrogen (secondary N) is 1. The minimum absolute atomic E-state index is 0.0815. The first kappa shape index (κ1) is 18.3. The van der Waals surface area contributed by atoms with Crippen LogP contribution < -0.4 is 5.32 Å². The number of hydrogen-bond donors (Lipinski definition) is 1. The maximum absolute atomic E-state index is 11.1. The Morgan fingerprint density at radius 3 is 2.35 bits per heavy atom. The van der Waals surface area contributed by atoms with E-state index >= 15 is 0 Å². The van der Waals surface area contributed by atoms with E-state index in [-0.39, 0.29) is 5.91 Å². The van der Waals surface area contributed by atoms with Crippen molar-refractivity contribution in [3.63, 3.8) is 0 Å². The fourth-order valence-electron chi connectivity index (χ4n) is 1.30. The van der Waals surface area contributed by atoms with E-state index in [0.717, 1.165) is 30.7 Å². The second kappa shape index (κ2) is 12.9. The van der Waals surface area contributed by atoms with E-state index in [4.69, 9.17) is 0 Å². The van der Waals surface area contributed by atoms with Crippen molar-refractivity contribution in [2.24, 2.45) is 4.99 Å². The molecule has 0 atom stereocenters. The zero-order valence-electron chi connectivity index (χ0n) is 12.3. The number of allylic oxidation sites excluding steroid dienone is 2. The molecule has 1 N–H and O–H groups in total. The van der Waals surface area contributed by atoms with E-state index < -0.39 is 0 Å². The lowest BCUT2D eigenvalue weighted by molar-refractivity contribution is -0.120. The van der Waals surface area contributed by atoms with Gasteiger partial charge in [-0.05, 0) is 19.3 Å². The van der Waals surface area contributed by atoms with Crippen molar-refractivity contribution in [3.05, 3.63) is 11.4 Å². The van der Waals surface area contributed by atoms with Gasteiger partial charge in [0.25, 0.3) is 0 Å². The standard InChI is InChI=1S/C10H16N2O.2C2H6/c1-3-8-9(6-5-7-11-8)12-10(13)4-2;2*1-2/h7H,3-6H2,1-2H3,(H,12,13);2*1-2H3. The normalized spacial score (nSPS) is 13.1. The molecule has 0 bridgehead atoms. The van der Waals surface area contributed by atoms with Crippen molar-refractivity contribution in [2.45, 2.75) is 67.2 Å². The van der Waals surface area contributed by atoms with Crippen molar-refractivity contribution >= 4 is 12.1 Å². The molecule has 1 aliphatic rings. The van der Waals surface area contributed by atoms with Crippen molar-refractivity contribution in [1.82, 2.24) is 5.32 Å². The van der Waals surface area contributed by atoms with Gasteiger partial charge in [0.2, 0.25) is 5.91 Å². The molecule has 1 heterocycles. The van der Waals surface area contributed by atoms with Crippen LogP contribution in [0, 0.1) is 0 Å². The number of amides is 1. The van der Waals surface area contributed by atoms with Gasteiger partial charge in [-0.25, -0.2) is 0 Å². The van der Waals surface area contributed by atoms with Gasteiger partial charge in [-0.15, -0.1) is 0 Å². The first-order valence-corrected chi connectivity index (χ1v) is 6.82. The van der Waals surface area contributed by atoms with Crippen LogP contribution in [0.2, 0.25) is 0 Å². The second-order valence-corrected chi connectivity index (χ2v) is 3.03. The summed E-state index contributed by atoms with van der Waals surface area (Å²) in [6.45, 7) is 11.9. The summed E-state index contributed by atoms with van der Waals surface area (Å²) in [4.78, 5) is 15.4. The summed E-state index contributed by atoms with van der Waals surface area (Å²) < 4.78 is 0. The molecule has 0 aromatic heterocycles. The summed E-state index contributed by atoms with van der Waals surface area (Å²) in [6, 6.07) is 0. The molecule has 0 aliphatic carbocycles. The highest BCUT2D eigenvalue weighted by Gasteiger charge is 2.09. The molecule has 0 radical (unpaired) electrons. The number of aliphatic imine (C=N–C) groups is 1. The van der Waals surface area contributed by atoms with Gasteiger partial charge in [0.05, 0.1) is 5.70 Å². The smallest absolute Gasteiger partial charge is 0.223 e. The van der Waals surface area contributed by atoms with E-state index in [1.165, 1.54) is 0 Å². The predicted molar refractivity (Wildman–Crippen MR) is 76.2 cm³/mol. The number of carbonyl (C=O) groups excluding carboxylic acids is 1. The van der Waals surface area contributed by atoms with E-state index in [1.54, 1.807) is 0 Å². The lowest BCUT2D eigenvalue weighted by Gasteiger charge is -2.14. The first-order valence-electron chi connectivity index (χ1n) is 6.82. The van der Waals surface area contributed by atoms with Crippen LogP contribution in [0.1, 0.15) is 67.2 Å². The van der Waals surface area contributed by atoms with E-state index in [2.05, 4.69) is 17.2 Å². The van der Waals surface area contributed by atoms with Gasteiger partial charge in [-0.3, -0.25) is 9.79 Å². The van der Waals surface area contributed by atoms with Crippen LogP contribution in [0.4, 0.5) is 0 Å². The predicted octanol–water partition coefficient (Wildman–Crippen LogP) is 4.05. The van der Waals surface area contributed by atoms with Gasteiger partial charge in [-0.2, -0.15) is 0 Å². The minimum atomic E-state index is 0.0815. The van der Waals surface area contributed by atoms with Crippen molar-refractivity contribution < 1.29 is 4.79 Å². The van der Waals surface area contributed by atoms with Crippen LogP contribution in [-0.2, 0) is 4.79 Å². The van der Waals surface area contributed by atoms with Gasteiger partial charge in [0.1, 0.15) is 0 Å². The molecule has 0 fully saturated rings. The molecule has 0 aromatic rings. The van der Waals surface area contributed by atoms with Crippen LogP contribution in [0.25, 0.3) is 0 Å². The Labute approximate surface area is 106 Å². The van der Waals surface area contributed by atoms with Crippen molar-refractivity contribution in [3.8, 4) is 0 Å². The maximum Gasteiger partial charge on any atom is 0.223 e. The summed E-state index contributed by atoms with van der Waals surface area (Å²) in [5.41, 5.74) is 2.03. The van der Waals surface area contributed by atoms with Crippen LogP contribution in [-0.4, -0.2) is 12.1 Å². The van der Waals surface area contributed by atoms with Gasteiger partial charge < -0.3 is 5.32 Å². The number of nitrogens with zero attached hydrogens (tertiary/aromatic N) is 1. The second-order valence-electron chi connectivity index (χ2n) is 3.03. The summed E-state index contributed by atoms with van der Waals surface area (Å²) in [6.07, 6.45) is 5.18. The van der Waals surface area contributed by atoms with Crippen LogP contribution in [0.3, 0.4) is 0 Å². The topological polar surface area (TPSA) is 41.5 Å². The van der Waals surface area contributed by atoms with Gasteiger partial charge in [0.15, 0.2) is 0 Å². The number of hydrogen-bond acceptors (Lipinski definition) is 2. The Morgan fingerprint density at radius 2 is 1.88 bits per heavy atom. The molecule has 0 saturated heterocycles. The largest absolute Gasteiger partial charge is 0.328 e. The van der Waals surface area contributed by atoms with Gasteiger partial charge in [0, 0.05) is 18.3 Å². The van der Waals surface area contributed by atoms with Crippen molar-refractivity contribution in [1.29, 1.82) is 0 Å². The Bertz CT molecular complexity index is 255. The third kappa shape index (κ3) is 7.72. The average molecular weight is 240 g/mol. The summed E-state index contributed by atoms with van der Waals surface area (Å²) in [5.74, 6) is 0.0815. The van der Waals surface area contributed by atoms with Gasteiger partial charge >= 0.3 is 0 Å². The highest BCUT2D eigenvalue weighted by molar-refractivity contribution is 5.78. The first-order chi connectivity index (χ1) is 8.27. The summed E-state index contributed by atoms with van der Waals surface area (Å²) in [5, 5.41) is 2.90. The van der Waals surface area contributed by atoms with Gasteiger partial charge in [-0.1, -0.05) is 41.5 Å². The Morgan fingerprint density at radius 1 is 1.29 bits per heavy atom. The van der Waals surface area contributed by atoms with Crippen molar-refractivity contribution in [2.75, 3.05) is 0 Å². The summed E-state index contributed by atoms with van der Waals surface area (Å²) in [7, 11) is 0. The molecule has 0 aromatic carbocycles. The van der Waals surface area contributed by atoms with Crippen LogP contribution in [0.15, 0.2) is 16.4 Å². The quantitative estimate of drug-likeness (QED) is 0.794. The average Bonchev–Trinajstić information content (AvgIpc) is 2.43. The van der Waals surface area contributed by atoms with Crippen LogP contribution >= 0.6 is 0 Å². The SMILES string of the molecule is CC.CC.CCC(=O)NC1=C(CC)N=CCC1. The lowest BCUT2D eigenvalue weighted by Crippen LogP contribution is -2.23. The fourth-order valence-corrected chi connectivity index (χ4v) is 1.30. The lowest BCUT2D eigenvalue weighted by atomic mass is 10.1. The Kier molecular flexibility index (Phi) is 13.9. The molecule has 0 unspecified atom stereocenters. The molecule has 3 nitrogen and oxygen atoms in total. The summed E-state index contributed by atoms with van der Waals surface area (Å²) >= 11 is 0. The number of carbonyl (C=O) groups is 1. The Hall–Kier alpha value is -1.12. The molecule has 17 heavy (non-hydrogen) atoms. The molecular weight excluding hydrogens is 212 g/mol. The molecular formula is C14H28N2O. The van der Waals surface area contributed by atoms with Crippen LogP contribution in [0.5, 0.6) is 0 Å². The van der Waals surface area contributed by atoms with E-state index in [0.29, 0.717) is 6.42 Å². The maximum atomic E-state index is 11.1. The van der Waals surface area contributed by atoms with E-state index in [9.17, 15) is 4.79 Å². The minimum Gasteiger partial charge on any atom is -0.328 e.